The second-order valence-corrected chi connectivity index (χ2v) is 4.41. The standard InChI is InChI=1S/C12H15FN2/c13-9-2-1-3-10-12(9)11(6-7-14-10)15-8-4-5-8/h1-3,8,11,14-15H,4-7H2. The third-order valence-corrected chi connectivity index (χ3v) is 3.16. The van der Waals surface area contributed by atoms with Crippen LogP contribution < -0.4 is 10.6 Å². The summed E-state index contributed by atoms with van der Waals surface area (Å²) in [4.78, 5) is 0. The van der Waals surface area contributed by atoms with E-state index in [4.69, 9.17) is 0 Å². The summed E-state index contributed by atoms with van der Waals surface area (Å²) in [6, 6.07) is 6.10. The molecule has 0 spiro atoms. The number of nitrogens with one attached hydrogen (secondary N) is 2. The maximum Gasteiger partial charge on any atom is 0.130 e. The summed E-state index contributed by atoms with van der Waals surface area (Å²) >= 11 is 0. The Labute approximate surface area is 88.9 Å². The lowest BCUT2D eigenvalue weighted by atomic mass is 9.97. The van der Waals surface area contributed by atoms with Gasteiger partial charge >= 0.3 is 0 Å². The molecular formula is C12H15FN2. The fourth-order valence-electron chi connectivity index (χ4n) is 2.24. The van der Waals surface area contributed by atoms with Crippen molar-refractivity contribution in [2.24, 2.45) is 0 Å². The molecule has 3 rings (SSSR count). The van der Waals surface area contributed by atoms with Crippen molar-refractivity contribution in [1.82, 2.24) is 5.32 Å². The molecule has 0 saturated heterocycles. The molecule has 1 atom stereocenters. The Morgan fingerprint density at radius 1 is 1.27 bits per heavy atom. The van der Waals surface area contributed by atoms with Crippen LogP contribution in [0.1, 0.15) is 30.9 Å². The van der Waals surface area contributed by atoms with Crippen molar-refractivity contribution in [2.45, 2.75) is 31.3 Å². The summed E-state index contributed by atoms with van der Waals surface area (Å²) < 4.78 is 13.7. The Hall–Kier alpha value is -1.09. The van der Waals surface area contributed by atoms with Crippen molar-refractivity contribution in [3.8, 4) is 0 Å². The third-order valence-electron chi connectivity index (χ3n) is 3.16. The Balaban J connectivity index is 1.93. The highest BCUT2D eigenvalue weighted by Crippen LogP contribution is 2.34. The number of hydrogen-bond donors (Lipinski definition) is 2. The fourth-order valence-corrected chi connectivity index (χ4v) is 2.24. The third kappa shape index (κ3) is 1.72. The van der Waals surface area contributed by atoms with Crippen LogP contribution in [0, 0.1) is 5.82 Å². The van der Waals surface area contributed by atoms with Gasteiger partial charge in [0.2, 0.25) is 0 Å². The molecule has 80 valence electrons. The molecule has 1 aliphatic heterocycles. The van der Waals surface area contributed by atoms with Gasteiger partial charge in [0.25, 0.3) is 0 Å². The van der Waals surface area contributed by atoms with E-state index in [0.29, 0.717) is 6.04 Å². The number of hydrogen-bond acceptors (Lipinski definition) is 2. The summed E-state index contributed by atoms with van der Waals surface area (Å²) in [6.45, 7) is 0.931. The lowest BCUT2D eigenvalue weighted by Gasteiger charge is -2.28. The molecule has 1 aromatic rings. The predicted octanol–water partition coefficient (Wildman–Crippen LogP) is 2.43. The fraction of sp³-hybridized carbons (Fsp3) is 0.500. The van der Waals surface area contributed by atoms with Gasteiger partial charge in [-0.3, -0.25) is 0 Å². The van der Waals surface area contributed by atoms with Crippen molar-refractivity contribution in [3.05, 3.63) is 29.6 Å². The molecule has 1 saturated carbocycles. The van der Waals surface area contributed by atoms with Crippen LogP contribution in [-0.4, -0.2) is 12.6 Å². The topological polar surface area (TPSA) is 24.1 Å². The molecule has 0 bridgehead atoms. The van der Waals surface area contributed by atoms with E-state index in [-0.39, 0.29) is 11.9 Å². The number of anilines is 1. The van der Waals surface area contributed by atoms with Crippen molar-refractivity contribution >= 4 is 5.69 Å². The van der Waals surface area contributed by atoms with Gasteiger partial charge in [-0.1, -0.05) is 6.07 Å². The molecule has 1 fully saturated rings. The molecule has 1 aromatic carbocycles. The van der Waals surface area contributed by atoms with Crippen LogP contribution in [0.15, 0.2) is 18.2 Å². The molecule has 2 N–H and O–H groups in total. The van der Waals surface area contributed by atoms with Crippen LogP contribution in [-0.2, 0) is 0 Å². The Kier molecular flexibility index (Phi) is 2.13. The van der Waals surface area contributed by atoms with E-state index in [2.05, 4.69) is 10.6 Å². The Morgan fingerprint density at radius 3 is 2.93 bits per heavy atom. The summed E-state index contributed by atoms with van der Waals surface area (Å²) in [5.41, 5.74) is 1.79. The maximum atomic E-state index is 13.7. The Morgan fingerprint density at radius 2 is 2.13 bits per heavy atom. The lowest BCUT2D eigenvalue weighted by molar-refractivity contribution is 0.471. The predicted molar refractivity (Wildman–Crippen MR) is 58.4 cm³/mol. The van der Waals surface area contributed by atoms with Gasteiger partial charge < -0.3 is 10.6 Å². The van der Waals surface area contributed by atoms with Crippen LogP contribution in [0.4, 0.5) is 10.1 Å². The zero-order chi connectivity index (χ0) is 10.3. The van der Waals surface area contributed by atoms with E-state index < -0.39 is 0 Å². The average molecular weight is 206 g/mol. The SMILES string of the molecule is Fc1cccc2c1C(NC1CC1)CCN2. The molecule has 1 unspecified atom stereocenters. The zero-order valence-corrected chi connectivity index (χ0v) is 8.59. The highest BCUT2D eigenvalue weighted by atomic mass is 19.1. The molecule has 1 aliphatic carbocycles. The number of benzene rings is 1. The van der Waals surface area contributed by atoms with E-state index in [1.165, 1.54) is 12.8 Å². The molecular weight excluding hydrogens is 191 g/mol. The van der Waals surface area contributed by atoms with Crippen LogP contribution in [0.2, 0.25) is 0 Å². The monoisotopic (exact) mass is 206 g/mol. The lowest BCUT2D eigenvalue weighted by Crippen LogP contribution is -2.30. The average Bonchev–Trinajstić information content (AvgIpc) is 3.02. The summed E-state index contributed by atoms with van der Waals surface area (Å²) in [6.07, 6.45) is 3.46. The summed E-state index contributed by atoms with van der Waals surface area (Å²) in [5, 5.41) is 6.76. The molecule has 0 amide bonds. The number of fused-ring (bicyclic) bond motifs is 1. The van der Waals surface area contributed by atoms with Gasteiger partial charge in [0.15, 0.2) is 0 Å². The van der Waals surface area contributed by atoms with E-state index >= 15 is 0 Å². The zero-order valence-electron chi connectivity index (χ0n) is 8.59. The molecule has 3 heteroatoms. The molecule has 1 heterocycles. The second-order valence-electron chi connectivity index (χ2n) is 4.41. The van der Waals surface area contributed by atoms with Crippen molar-refractivity contribution < 1.29 is 4.39 Å². The summed E-state index contributed by atoms with van der Waals surface area (Å²) in [7, 11) is 0. The van der Waals surface area contributed by atoms with Gasteiger partial charge in [-0.2, -0.15) is 0 Å². The molecule has 2 nitrogen and oxygen atoms in total. The van der Waals surface area contributed by atoms with Crippen LogP contribution in [0.3, 0.4) is 0 Å². The minimum atomic E-state index is -0.0853. The van der Waals surface area contributed by atoms with Crippen LogP contribution in [0.25, 0.3) is 0 Å². The molecule has 0 radical (unpaired) electrons. The molecule has 0 aromatic heterocycles. The van der Waals surface area contributed by atoms with E-state index in [0.717, 1.165) is 24.2 Å². The minimum absolute atomic E-state index is 0.0853. The van der Waals surface area contributed by atoms with Crippen LogP contribution in [0.5, 0.6) is 0 Å². The van der Waals surface area contributed by atoms with Crippen molar-refractivity contribution in [3.63, 3.8) is 0 Å². The number of rotatable bonds is 2. The Bertz CT molecular complexity index is 374. The van der Waals surface area contributed by atoms with Gasteiger partial charge in [-0.15, -0.1) is 0 Å². The van der Waals surface area contributed by atoms with E-state index in [1.54, 1.807) is 12.1 Å². The molecule has 15 heavy (non-hydrogen) atoms. The quantitative estimate of drug-likeness (QED) is 0.776. The first-order valence-electron chi connectivity index (χ1n) is 5.63. The first kappa shape index (κ1) is 9.16. The van der Waals surface area contributed by atoms with Gasteiger partial charge in [0.1, 0.15) is 5.82 Å². The van der Waals surface area contributed by atoms with Crippen LogP contribution >= 0.6 is 0 Å². The van der Waals surface area contributed by atoms with Crippen molar-refractivity contribution in [2.75, 3.05) is 11.9 Å². The van der Waals surface area contributed by atoms with Gasteiger partial charge in [-0.05, 0) is 31.4 Å². The minimum Gasteiger partial charge on any atom is -0.385 e. The smallest absolute Gasteiger partial charge is 0.130 e. The first-order chi connectivity index (χ1) is 7.34. The highest BCUT2D eigenvalue weighted by molar-refractivity contribution is 5.55. The normalized spacial score (nSPS) is 24.5. The number of halogens is 1. The maximum absolute atomic E-state index is 13.7. The van der Waals surface area contributed by atoms with Gasteiger partial charge in [0.05, 0.1) is 0 Å². The first-order valence-corrected chi connectivity index (χ1v) is 5.63. The molecule has 2 aliphatic rings. The van der Waals surface area contributed by atoms with Gasteiger partial charge in [0, 0.05) is 29.9 Å². The van der Waals surface area contributed by atoms with Gasteiger partial charge in [-0.25, -0.2) is 4.39 Å². The second kappa shape index (κ2) is 3.49. The summed E-state index contributed by atoms with van der Waals surface area (Å²) in [5.74, 6) is -0.0853. The van der Waals surface area contributed by atoms with E-state index in [9.17, 15) is 4.39 Å². The van der Waals surface area contributed by atoms with E-state index in [1.807, 2.05) is 6.07 Å². The highest BCUT2D eigenvalue weighted by Gasteiger charge is 2.29. The van der Waals surface area contributed by atoms with Crippen molar-refractivity contribution in [1.29, 1.82) is 0 Å². The largest absolute Gasteiger partial charge is 0.385 e.